The fourth-order valence-corrected chi connectivity index (χ4v) is 1.33. The standard InChI is InChI=1S/C11H18N4O4/c1-4-19-7(16)5-6-13-11-14-9(17-2)8(12)10(15-11)18-3/h4-6,12H2,1-3H3,(H,13,14,15). The van der Waals surface area contributed by atoms with Crippen LogP contribution in [0.3, 0.4) is 0 Å². The summed E-state index contributed by atoms with van der Waals surface area (Å²) in [6, 6.07) is 0. The maximum absolute atomic E-state index is 11.2. The SMILES string of the molecule is CCOC(=O)CCNc1nc(OC)c(N)c(OC)n1. The predicted molar refractivity (Wildman–Crippen MR) is 69.3 cm³/mol. The number of carbonyl (C=O) groups excluding carboxylic acids is 1. The summed E-state index contributed by atoms with van der Waals surface area (Å²) in [5.41, 5.74) is 5.94. The van der Waals surface area contributed by atoms with E-state index in [1.807, 2.05) is 0 Å². The summed E-state index contributed by atoms with van der Waals surface area (Å²) in [6.07, 6.45) is 0.214. The van der Waals surface area contributed by atoms with Crippen LogP contribution in [0.2, 0.25) is 0 Å². The van der Waals surface area contributed by atoms with Gasteiger partial charge in [0, 0.05) is 6.54 Å². The first kappa shape index (κ1) is 14.8. The smallest absolute Gasteiger partial charge is 0.307 e. The van der Waals surface area contributed by atoms with Crippen molar-refractivity contribution in [1.82, 2.24) is 9.97 Å². The van der Waals surface area contributed by atoms with Gasteiger partial charge in [-0.15, -0.1) is 0 Å². The van der Waals surface area contributed by atoms with Crippen molar-refractivity contribution in [3.63, 3.8) is 0 Å². The van der Waals surface area contributed by atoms with Gasteiger partial charge in [-0.25, -0.2) is 0 Å². The molecule has 1 rings (SSSR count). The van der Waals surface area contributed by atoms with Gasteiger partial charge in [-0.2, -0.15) is 9.97 Å². The highest BCUT2D eigenvalue weighted by molar-refractivity contribution is 5.70. The molecule has 1 aromatic rings. The van der Waals surface area contributed by atoms with E-state index in [4.69, 9.17) is 19.9 Å². The van der Waals surface area contributed by atoms with Crippen LogP contribution in [-0.2, 0) is 9.53 Å². The third kappa shape index (κ3) is 4.16. The van der Waals surface area contributed by atoms with Crippen LogP contribution in [0.25, 0.3) is 0 Å². The normalized spacial score (nSPS) is 9.84. The number of aromatic nitrogens is 2. The van der Waals surface area contributed by atoms with Crippen molar-refractivity contribution < 1.29 is 19.0 Å². The second-order valence-corrected chi connectivity index (χ2v) is 3.46. The Morgan fingerprint density at radius 2 is 1.84 bits per heavy atom. The lowest BCUT2D eigenvalue weighted by atomic mass is 10.4. The van der Waals surface area contributed by atoms with Crippen molar-refractivity contribution in [3.05, 3.63) is 0 Å². The van der Waals surface area contributed by atoms with E-state index in [1.54, 1.807) is 6.92 Å². The Morgan fingerprint density at radius 1 is 1.26 bits per heavy atom. The van der Waals surface area contributed by atoms with Gasteiger partial charge in [0.15, 0.2) is 5.69 Å². The lowest BCUT2D eigenvalue weighted by molar-refractivity contribution is -0.142. The molecule has 0 aliphatic heterocycles. The van der Waals surface area contributed by atoms with Gasteiger partial charge < -0.3 is 25.3 Å². The van der Waals surface area contributed by atoms with Crippen LogP contribution >= 0.6 is 0 Å². The summed E-state index contributed by atoms with van der Waals surface area (Å²) in [6.45, 7) is 2.46. The number of hydrogen-bond donors (Lipinski definition) is 2. The number of nitrogen functional groups attached to an aromatic ring is 1. The molecule has 106 valence electrons. The number of nitrogens with zero attached hydrogens (tertiary/aromatic N) is 2. The van der Waals surface area contributed by atoms with Crippen LogP contribution < -0.4 is 20.5 Å². The first-order valence-electron chi connectivity index (χ1n) is 5.77. The van der Waals surface area contributed by atoms with E-state index < -0.39 is 0 Å². The van der Waals surface area contributed by atoms with Gasteiger partial charge in [-0.3, -0.25) is 4.79 Å². The minimum Gasteiger partial charge on any atom is -0.479 e. The number of hydrogen-bond acceptors (Lipinski definition) is 8. The molecule has 0 fully saturated rings. The molecular formula is C11H18N4O4. The van der Waals surface area contributed by atoms with Gasteiger partial charge in [0.05, 0.1) is 27.2 Å². The van der Waals surface area contributed by atoms with Crippen molar-refractivity contribution >= 4 is 17.6 Å². The van der Waals surface area contributed by atoms with Crippen LogP contribution in [0.4, 0.5) is 11.6 Å². The predicted octanol–water partition coefficient (Wildman–Crippen LogP) is 0.441. The van der Waals surface area contributed by atoms with E-state index in [2.05, 4.69) is 15.3 Å². The van der Waals surface area contributed by atoms with Crippen LogP contribution in [0.15, 0.2) is 0 Å². The summed E-state index contributed by atoms with van der Waals surface area (Å²) in [5, 5.41) is 2.87. The number of ether oxygens (including phenoxy) is 3. The molecule has 0 spiro atoms. The Kier molecular flexibility index (Phi) is 5.65. The zero-order valence-corrected chi connectivity index (χ0v) is 11.2. The first-order valence-corrected chi connectivity index (χ1v) is 5.77. The van der Waals surface area contributed by atoms with Gasteiger partial charge in [-0.05, 0) is 6.92 Å². The van der Waals surface area contributed by atoms with Crippen LogP contribution in [-0.4, -0.2) is 43.3 Å². The van der Waals surface area contributed by atoms with E-state index in [0.29, 0.717) is 13.2 Å². The summed E-state index contributed by atoms with van der Waals surface area (Å²) in [4.78, 5) is 19.2. The maximum Gasteiger partial charge on any atom is 0.307 e. The van der Waals surface area contributed by atoms with Crippen LogP contribution in [0.5, 0.6) is 11.8 Å². The number of nitrogens with one attached hydrogen (secondary N) is 1. The summed E-state index contributed by atoms with van der Waals surface area (Å²) >= 11 is 0. The quantitative estimate of drug-likeness (QED) is 0.687. The molecule has 1 heterocycles. The molecule has 0 bridgehead atoms. The Bertz CT molecular complexity index is 414. The molecule has 8 nitrogen and oxygen atoms in total. The van der Waals surface area contributed by atoms with Crippen LogP contribution in [0, 0.1) is 0 Å². The molecular weight excluding hydrogens is 252 g/mol. The zero-order valence-electron chi connectivity index (χ0n) is 11.2. The van der Waals surface area contributed by atoms with Crippen molar-refractivity contribution in [2.24, 2.45) is 0 Å². The fraction of sp³-hybridized carbons (Fsp3) is 0.545. The van der Waals surface area contributed by atoms with Crippen molar-refractivity contribution in [1.29, 1.82) is 0 Å². The molecule has 0 saturated heterocycles. The van der Waals surface area contributed by atoms with Crippen molar-refractivity contribution in [2.75, 3.05) is 38.4 Å². The molecule has 0 aromatic carbocycles. The van der Waals surface area contributed by atoms with Gasteiger partial charge in [-0.1, -0.05) is 0 Å². The van der Waals surface area contributed by atoms with Crippen LogP contribution in [0.1, 0.15) is 13.3 Å². The maximum atomic E-state index is 11.2. The zero-order chi connectivity index (χ0) is 14.3. The van der Waals surface area contributed by atoms with Crippen molar-refractivity contribution in [2.45, 2.75) is 13.3 Å². The number of methoxy groups -OCH3 is 2. The Balaban J connectivity index is 2.66. The number of rotatable bonds is 7. The molecule has 1 aromatic heterocycles. The highest BCUT2D eigenvalue weighted by atomic mass is 16.5. The van der Waals surface area contributed by atoms with Gasteiger partial charge in [0.1, 0.15) is 0 Å². The Labute approximate surface area is 111 Å². The Hall–Kier alpha value is -2.25. The Morgan fingerprint density at radius 3 is 2.32 bits per heavy atom. The molecule has 3 N–H and O–H groups in total. The highest BCUT2D eigenvalue weighted by Crippen LogP contribution is 2.28. The fourth-order valence-electron chi connectivity index (χ4n) is 1.33. The molecule has 19 heavy (non-hydrogen) atoms. The topological polar surface area (TPSA) is 109 Å². The third-order valence-corrected chi connectivity index (χ3v) is 2.18. The largest absolute Gasteiger partial charge is 0.479 e. The molecule has 0 radical (unpaired) electrons. The van der Waals surface area contributed by atoms with E-state index in [0.717, 1.165) is 0 Å². The molecule has 0 aliphatic rings. The van der Waals surface area contributed by atoms with E-state index in [-0.39, 0.29) is 35.8 Å². The summed E-state index contributed by atoms with van der Waals surface area (Å²) in [5.74, 6) is 0.410. The molecule has 8 heteroatoms. The van der Waals surface area contributed by atoms with Gasteiger partial charge >= 0.3 is 5.97 Å². The minimum atomic E-state index is -0.288. The molecule has 0 atom stereocenters. The third-order valence-electron chi connectivity index (χ3n) is 2.18. The lowest BCUT2D eigenvalue weighted by Crippen LogP contribution is -2.13. The van der Waals surface area contributed by atoms with Crippen molar-refractivity contribution in [3.8, 4) is 11.8 Å². The minimum absolute atomic E-state index is 0.213. The van der Waals surface area contributed by atoms with E-state index in [1.165, 1.54) is 14.2 Å². The van der Waals surface area contributed by atoms with E-state index >= 15 is 0 Å². The second-order valence-electron chi connectivity index (χ2n) is 3.46. The number of anilines is 2. The number of nitrogens with two attached hydrogens (primary N) is 1. The number of esters is 1. The van der Waals surface area contributed by atoms with E-state index in [9.17, 15) is 4.79 Å². The monoisotopic (exact) mass is 270 g/mol. The molecule has 0 amide bonds. The summed E-state index contributed by atoms with van der Waals surface area (Å²) in [7, 11) is 2.89. The van der Waals surface area contributed by atoms with Gasteiger partial charge in [0.25, 0.3) is 0 Å². The molecule has 0 unspecified atom stereocenters. The summed E-state index contributed by atoms with van der Waals surface area (Å²) < 4.78 is 14.8. The van der Waals surface area contributed by atoms with Gasteiger partial charge in [0.2, 0.25) is 17.7 Å². The molecule has 0 aliphatic carbocycles. The average Bonchev–Trinajstić information content (AvgIpc) is 2.40. The lowest BCUT2D eigenvalue weighted by Gasteiger charge is -2.10. The second kappa shape index (κ2) is 7.24. The number of carbonyl (C=O) groups is 1. The molecule has 0 saturated carbocycles. The average molecular weight is 270 g/mol. The highest BCUT2D eigenvalue weighted by Gasteiger charge is 2.12. The first-order chi connectivity index (χ1) is 9.12.